The molecule has 0 aromatic heterocycles. The van der Waals surface area contributed by atoms with Crippen LogP contribution in [0, 0.1) is 5.92 Å². The smallest absolute Gasteiger partial charge is 0.184 e. The normalized spacial score (nSPS) is 14.1. The van der Waals surface area contributed by atoms with Gasteiger partial charge in [0.25, 0.3) is 0 Å². The summed E-state index contributed by atoms with van der Waals surface area (Å²) in [6.07, 6.45) is 2.31. The van der Waals surface area contributed by atoms with Crippen molar-refractivity contribution >= 4 is 23.0 Å². The van der Waals surface area contributed by atoms with Crippen LogP contribution < -0.4 is 11.2 Å². The second kappa shape index (κ2) is 5.94. The van der Waals surface area contributed by atoms with Gasteiger partial charge in [-0.2, -0.15) is 5.10 Å². The lowest BCUT2D eigenvalue weighted by atomic mass is 10.0. The van der Waals surface area contributed by atoms with Crippen molar-refractivity contribution in [3.8, 4) is 0 Å². The Hall–Kier alpha value is -0.640. The zero-order chi connectivity index (χ0) is 9.56. The SMILES string of the molecule is CCCC(C)C(C)=NNC(N)=S. The zero-order valence-corrected chi connectivity index (χ0v) is 8.74. The summed E-state index contributed by atoms with van der Waals surface area (Å²) in [4.78, 5) is 0. The van der Waals surface area contributed by atoms with Gasteiger partial charge in [0, 0.05) is 5.71 Å². The average molecular weight is 187 g/mol. The van der Waals surface area contributed by atoms with Gasteiger partial charge in [0.05, 0.1) is 0 Å². The van der Waals surface area contributed by atoms with Gasteiger partial charge in [0.1, 0.15) is 0 Å². The van der Waals surface area contributed by atoms with Crippen LogP contribution in [0.3, 0.4) is 0 Å². The number of nitrogens with zero attached hydrogens (tertiary/aromatic N) is 1. The summed E-state index contributed by atoms with van der Waals surface area (Å²) in [5, 5.41) is 4.26. The Kier molecular flexibility index (Phi) is 5.62. The van der Waals surface area contributed by atoms with Crippen molar-refractivity contribution in [1.82, 2.24) is 5.43 Å². The van der Waals surface area contributed by atoms with E-state index in [2.05, 4.69) is 36.6 Å². The molecule has 0 spiro atoms. The minimum Gasteiger partial charge on any atom is -0.375 e. The lowest BCUT2D eigenvalue weighted by molar-refractivity contribution is 0.659. The number of hydrogen-bond donors (Lipinski definition) is 2. The summed E-state index contributed by atoms with van der Waals surface area (Å²) in [5.74, 6) is 0.497. The van der Waals surface area contributed by atoms with E-state index in [9.17, 15) is 0 Å². The molecule has 0 aliphatic heterocycles. The topological polar surface area (TPSA) is 50.4 Å². The predicted molar refractivity (Wildman–Crippen MR) is 57.1 cm³/mol. The predicted octanol–water partition coefficient (Wildman–Crippen LogP) is 1.63. The summed E-state index contributed by atoms with van der Waals surface area (Å²) in [6, 6.07) is 0. The molecule has 3 nitrogen and oxygen atoms in total. The van der Waals surface area contributed by atoms with E-state index in [1.807, 2.05) is 6.92 Å². The van der Waals surface area contributed by atoms with Gasteiger partial charge in [-0.1, -0.05) is 20.3 Å². The van der Waals surface area contributed by atoms with Crippen LogP contribution in [0.4, 0.5) is 0 Å². The molecular formula is C8H17N3S. The molecule has 1 atom stereocenters. The molecule has 0 bridgehead atoms. The number of thiocarbonyl (C=S) groups is 1. The van der Waals surface area contributed by atoms with Crippen molar-refractivity contribution in [3.63, 3.8) is 0 Å². The molecular weight excluding hydrogens is 170 g/mol. The highest BCUT2D eigenvalue weighted by Crippen LogP contribution is 2.06. The second-order valence-corrected chi connectivity index (χ2v) is 3.36. The monoisotopic (exact) mass is 187 g/mol. The van der Waals surface area contributed by atoms with Gasteiger partial charge in [-0.3, -0.25) is 5.43 Å². The maximum Gasteiger partial charge on any atom is 0.184 e. The summed E-state index contributed by atoms with van der Waals surface area (Å²) >= 11 is 4.62. The average Bonchev–Trinajstić information content (AvgIpc) is 2.00. The van der Waals surface area contributed by atoms with Crippen LogP contribution in [-0.4, -0.2) is 10.8 Å². The van der Waals surface area contributed by atoms with Gasteiger partial charge in [-0.15, -0.1) is 0 Å². The van der Waals surface area contributed by atoms with Crippen molar-refractivity contribution in [1.29, 1.82) is 0 Å². The Morgan fingerprint density at radius 2 is 2.25 bits per heavy atom. The quantitative estimate of drug-likeness (QED) is 0.399. The zero-order valence-electron chi connectivity index (χ0n) is 7.92. The largest absolute Gasteiger partial charge is 0.375 e. The summed E-state index contributed by atoms with van der Waals surface area (Å²) < 4.78 is 0. The highest BCUT2D eigenvalue weighted by Gasteiger charge is 2.03. The number of hydrazone groups is 1. The van der Waals surface area contributed by atoms with Crippen LogP contribution in [0.2, 0.25) is 0 Å². The highest BCUT2D eigenvalue weighted by atomic mass is 32.1. The van der Waals surface area contributed by atoms with Crippen molar-refractivity contribution < 1.29 is 0 Å². The molecule has 0 aromatic rings. The Morgan fingerprint density at radius 3 is 2.67 bits per heavy atom. The summed E-state index contributed by atoms with van der Waals surface area (Å²) in [7, 11) is 0. The van der Waals surface area contributed by atoms with E-state index >= 15 is 0 Å². The van der Waals surface area contributed by atoms with Crippen LogP contribution in [-0.2, 0) is 0 Å². The molecule has 0 radical (unpaired) electrons. The Bertz CT molecular complexity index is 177. The van der Waals surface area contributed by atoms with E-state index < -0.39 is 0 Å². The van der Waals surface area contributed by atoms with E-state index in [4.69, 9.17) is 5.73 Å². The maximum absolute atomic E-state index is 5.23. The van der Waals surface area contributed by atoms with Gasteiger partial charge < -0.3 is 5.73 Å². The molecule has 0 saturated heterocycles. The van der Waals surface area contributed by atoms with E-state index in [-0.39, 0.29) is 5.11 Å². The van der Waals surface area contributed by atoms with Gasteiger partial charge in [0.2, 0.25) is 0 Å². The van der Waals surface area contributed by atoms with Crippen molar-refractivity contribution in [2.75, 3.05) is 0 Å². The Balaban J connectivity index is 3.89. The molecule has 0 saturated carbocycles. The van der Waals surface area contributed by atoms with Gasteiger partial charge >= 0.3 is 0 Å². The van der Waals surface area contributed by atoms with Crippen LogP contribution in [0.25, 0.3) is 0 Å². The minimum absolute atomic E-state index is 0.220. The van der Waals surface area contributed by atoms with E-state index in [1.54, 1.807) is 0 Å². The fraction of sp³-hybridized carbons (Fsp3) is 0.750. The number of hydrogen-bond acceptors (Lipinski definition) is 2. The summed E-state index contributed by atoms with van der Waals surface area (Å²) in [6.45, 7) is 6.28. The fourth-order valence-electron chi connectivity index (χ4n) is 0.895. The molecule has 0 heterocycles. The Morgan fingerprint density at radius 1 is 1.67 bits per heavy atom. The van der Waals surface area contributed by atoms with Crippen molar-refractivity contribution in [3.05, 3.63) is 0 Å². The lowest BCUT2D eigenvalue weighted by Gasteiger charge is -2.08. The molecule has 4 heteroatoms. The molecule has 0 rings (SSSR count). The van der Waals surface area contributed by atoms with Crippen LogP contribution in [0.5, 0.6) is 0 Å². The fourth-order valence-corrected chi connectivity index (χ4v) is 0.941. The molecule has 0 aliphatic rings. The molecule has 0 aromatic carbocycles. The van der Waals surface area contributed by atoms with Gasteiger partial charge in [-0.05, 0) is 31.5 Å². The third-order valence-electron chi connectivity index (χ3n) is 1.78. The number of nitrogens with two attached hydrogens (primary N) is 1. The first kappa shape index (κ1) is 11.4. The van der Waals surface area contributed by atoms with Crippen LogP contribution in [0.1, 0.15) is 33.6 Å². The third-order valence-corrected chi connectivity index (χ3v) is 1.87. The Labute approximate surface area is 79.4 Å². The molecule has 0 amide bonds. The lowest BCUT2D eigenvalue weighted by Crippen LogP contribution is -2.26. The molecule has 3 N–H and O–H groups in total. The first-order valence-electron chi connectivity index (χ1n) is 4.17. The third kappa shape index (κ3) is 5.07. The maximum atomic E-state index is 5.23. The van der Waals surface area contributed by atoms with Crippen molar-refractivity contribution in [2.24, 2.45) is 16.8 Å². The van der Waals surface area contributed by atoms with Crippen molar-refractivity contribution in [2.45, 2.75) is 33.6 Å². The highest BCUT2D eigenvalue weighted by molar-refractivity contribution is 7.80. The van der Waals surface area contributed by atoms with Gasteiger partial charge in [0.15, 0.2) is 5.11 Å². The molecule has 1 unspecified atom stereocenters. The molecule has 0 fully saturated rings. The molecule has 70 valence electrons. The van der Waals surface area contributed by atoms with Crippen LogP contribution in [0.15, 0.2) is 5.10 Å². The molecule has 0 aliphatic carbocycles. The first-order valence-corrected chi connectivity index (χ1v) is 4.58. The van der Waals surface area contributed by atoms with Gasteiger partial charge in [-0.25, -0.2) is 0 Å². The summed E-state index contributed by atoms with van der Waals surface area (Å²) in [5.41, 5.74) is 8.86. The first-order chi connectivity index (χ1) is 5.57. The molecule has 12 heavy (non-hydrogen) atoms. The van der Waals surface area contributed by atoms with Crippen LogP contribution >= 0.6 is 12.2 Å². The second-order valence-electron chi connectivity index (χ2n) is 2.92. The van der Waals surface area contributed by atoms with E-state index in [0.29, 0.717) is 5.92 Å². The minimum atomic E-state index is 0.220. The van der Waals surface area contributed by atoms with E-state index in [0.717, 1.165) is 12.1 Å². The number of nitrogens with one attached hydrogen (secondary N) is 1. The standard InChI is InChI=1S/C8H17N3S/c1-4-5-6(2)7(3)10-11-8(9)12/h6H,4-5H2,1-3H3,(H3,9,11,12). The number of rotatable bonds is 4. The van der Waals surface area contributed by atoms with E-state index in [1.165, 1.54) is 6.42 Å².